The molecule has 0 nitrogen and oxygen atoms in total. The van der Waals surface area contributed by atoms with Gasteiger partial charge in [0.15, 0.2) is 0 Å². The van der Waals surface area contributed by atoms with Crippen molar-refractivity contribution in [2.75, 3.05) is 0 Å². The Kier molecular flexibility index (Phi) is 7.72. The van der Waals surface area contributed by atoms with E-state index in [4.69, 9.17) is 0 Å². The standard InChI is InChI=1S/C45H50/c1-11-29-24-37(39(25-29)44(5,6)7)41-36-27-32-26-33(43(2,3)4)22-23-34(32)35(36)28-38(42(41)45(8,9)10)40(30-18-14-12-15-19-30)31-20-16-13-17-21-31/h12-28,39H,11H2,1-10H3. The Bertz CT molecular complexity index is 1900. The molecule has 2 aliphatic rings. The van der Waals surface area contributed by atoms with Crippen LogP contribution in [0.2, 0.25) is 0 Å². The summed E-state index contributed by atoms with van der Waals surface area (Å²) in [5, 5.41) is 2.73. The van der Waals surface area contributed by atoms with Crippen molar-refractivity contribution in [2.24, 2.45) is 11.3 Å². The monoisotopic (exact) mass is 590 g/mol. The first kappa shape index (κ1) is 31.1. The SMILES string of the molecule is CCC1=CC(C(C)(C)C)C(c2c(C(C)(C)C)c(=C(c3ccccc3)c3ccccc3)cc3c2=Cc2cc(C(C)(C)C)ccc2-3)=C1. The van der Waals surface area contributed by atoms with E-state index in [1.807, 2.05) is 0 Å². The van der Waals surface area contributed by atoms with Crippen molar-refractivity contribution >= 4 is 17.2 Å². The van der Waals surface area contributed by atoms with Crippen molar-refractivity contribution in [1.29, 1.82) is 0 Å². The lowest BCUT2D eigenvalue weighted by Crippen LogP contribution is -2.34. The van der Waals surface area contributed by atoms with E-state index in [2.05, 4.69) is 172 Å². The van der Waals surface area contributed by atoms with Gasteiger partial charge in [-0.05, 0) is 101 Å². The van der Waals surface area contributed by atoms with E-state index in [1.54, 1.807) is 0 Å². The normalized spacial score (nSPS) is 16.1. The molecule has 0 fully saturated rings. The van der Waals surface area contributed by atoms with Crippen molar-refractivity contribution in [1.82, 2.24) is 0 Å². The molecule has 0 heteroatoms. The molecule has 0 saturated heterocycles. The Morgan fingerprint density at radius 2 is 1.24 bits per heavy atom. The minimum absolute atomic E-state index is 0.0923. The summed E-state index contributed by atoms with van der Waals surface area (Å²) in [7, 11) is 0. The first-order valence-corrected chi connectivity index (χ1v) is 16.8. The second-order valence-corrected chi connectivity index (χ2v) is 16.2. The average molecular weight is 591 g/mol. The number of fused-ring (bicyclic) bond motifs is 3. The zero-order valence-electron chi connectivity index (χ0n) is 29.1. The molecule has 0 N–H and O–H groups in total. The smallest absolute Gasteiger partial charge is 0.00787 e. The van der Waals surface area contributed by atoms with E-state index in [0.29, 0.717) is 5.92 Å². The van der Waals surface area contributed by atoms with Crippen LogP contribution in [0.4, 0.5) is 0 Å². The number of benzene rings is 4. The Labute approximate surface area is 271 Å². The highest BCUT2D eigenvalue weighted by atomic mass is 14.4. The molecule has 0 saturated carbocycles. The van der Waals surface area contributed by atoms with E-state index in [9.17, 15) is 0 Å². The Morgan fingerprint density at radius 1 is 0.644 bits per heavy atom. The lowest BCUT2D eigenvalue weighted by molar-refractivity contribution is 0.354. The Hall–Kier alpha value is -3.90. The van der Waals surface area contributed by atoms with Gasteiger partial charge in [-0.1, -0.05) is 166 Å². The van der Waals surface area contributed by atoms with E-state index in [0.717, 1.165) is 6.42 Å². The van der Waals surface area contributed by atoms with Crippen LogP contribution in [0.1, 0.15) is 109 Å². The molecule has 0 heterocycles. The van der Waals surface area contributed by atoms with Gasteiger partial charge in [-0.2, -0.15) is 0 Å². The van der Waals surface area contributed by atoms with Gasteiger partial charge in [-0.3, -0.25) is 0 Å². The highest BCUT2D eigenvalue weighted by molar-refractivity contribution is 5.92. The van der Waals surface area contributed by atoms with Crippen LogP contribution in [0, 0.1) is 11.3 Å². The van der Waals surface area contributed by atoms with Crippen LogP contribution < -0.4 is 10.4 Å². The Morgan fingerprint density at radius 3 is 1.76 bits per heavy atom. The van der Waals surface area contributed by atoms with Crippen LogP contribution in [-0.2, 0) is 10.8 Å². The molecule has 1 atom stereocenters. The van der Waals surface area contributed by atoms with E-state index < -0.39 is 0 Å². The van der Waals surface area contributed by atoms with Crippen molar-refractivity contribution in [2.45, 2.75) is 86.5 Å². The summed E-state index contributed by atoms with van der Waals surface area (Å²) in [5.74, 6) is 0.340. The largest absolute Gasteiger partial charge is 0.0732 e. The van der Waals surface area contributed by atoms with Gasteiger partial charge in [-0.15, -0.1) is 0 Å². The molecule has 230 valence electrons. The summed E-state index contributed by atoms with van der Waals surface area (Å²) in [5.41, 5.74) is 15.1. The lowest BCUT2D eigenvalue weighted by atomic mass is 9.70. The summed E-state index contributed by atoms with van der Waals surface area (Å²) in [4.78, 5) is 0. The van der Waals surface area contributed by atoms with Crippen LogP contribution in [0.5, 0.6) is 0 Å². The zero-order valence-corrected chi connectivity index (χ0v) is 29.1. The fraction of sp³-hybridized carbons (Fsp3) is 0.333. The number of hydrogen-bond acceptors (Lipinski definition) is 0. The van der Waals surface area contributed by atoms with Gasteiger partial charge in [0.05, 0.1) is 0 Å². The molecule has 0 spiro atoms. The number of hydrogen-bond donors (Lipinski definition) is 0. The highest BCUT2D eigenvalue weighted by Crippen LogP contribution is 2.46. The second-order valence-electron chi connectivity index (χ2n) is 16.2. The maximum Gasteiger partial charge on any atom is 0.00787 e. The van der Waals surface area contributed by atoms with Crippen LogP contribution in [-0.4, -0.2) is 0 Å². The molecule has 2 aliphatic carbocycles. The molecular weight excluding hydrogens is 540 g/mol. The van der Waals surface area contributed by atoms with Crippen molar-refractivity contribution in [3.8, 4) is 11.1 Å². The summed E-state index contributed by atoms with van der Waals surface area (Å²) in [6, 6.07) is 31.8. The third-order valence-corrected chi connectivity index (χ3v) is 9.71. The summed E-state index contributed by atoms with van der Waals surface area (Å²) in [6.45, 7) is 23.7. The molecule has 1 unspecified atom stereocenters. The molecule has 0 radical (unpaired) electrons. The molecular formula is C45H50. The van der Waals surface area contributed by atoms with Crippen LogP contribution >= 0.6 is 0 Å². The van der Waals surface area contributed by atoms with E-state index >= 15 is 0 Å². The van der Waals surface area contributed by atoms with Gasteiger partial charge in [0.25, 0.3) is 0 Å². The Balaban J connectivity index is 1.85. The molecule has 45 heavy (non-hydrogen) atoms. The predicted molar refractivity (Wildman–Crippen MR) is 196 cm³/mol. The van der Waals surface area contributed by atoms with Gasteiger partial charge in [0.1, 0.15) is 0 Å². The van der Waals surface area contributed by atoms with E-state index in [-0.39, 0.29) is 16.2 Å². The van der Waals surface area contributed by atoms with Gasteiger partial charge < -0.3 is 0 Å². The topological polar surface area (TPSA) is 0 Å². The van der Waals surface area contributed by atoms with Crippen LogP contribution in [0.3, 0.4) is 0 Å². The molecule has 0 amide bonds. The summed E-state index contributed by atoms with van der Waals surface area (Å²) in [6.07, 6.45) is 8.64. The first-order chi connectivity index (χ1) is 21.2. The minimum Gasteiger partial charge on any atom is -0.0732 e. The fourth-order valence-corrected chi connectivity index (χ4v) is 7.39. The lowest BCUT2D eigenvalue weighted by Gasteiger charge is -2.33. The zero-order chi connectivity index (χ0) is 32.3. The van der Waals surface area contributed by atoms with Gasteiger partial charge >= 0.3 is 0 Å². The van der Waals surface area contributed by atoms with Crippen molar-refractivity contribution < 1.29 is 0 Å². The molecule has 4 aromatic rings. The minimum atomic E-state index is -0.105. The molecule has 0 bridgehead atoms. The third-order valence-electron chi connectivity index (χ3n) is 9.71. The fourth-order valence-electron chi connectivity index (χ4n) is 7.39. The van der Waals surface area contributed by atoms with Gasteiger partial charge in [0, 0.05) is 5.92 Å². The highest BCUT2D eigenvalue weighted by Gasteiger charge is 2.36. The molecule has 4 aromatic carbocycles. The van der Waals surface area contributed by atoms with Crippen molar-refractivity contribution in [3.63, 3.8) is 0 Å². The van der Waals surface area contributed by atoms with Crippen molar-refractivity contribution in [3.05, 3.63) is 146 Å². The van der Waals surface area contributed by atoms with Crippen LogP contribution in [0.25, 0.3) is 28.3 Å². The second kappa shape index (κ2) is 11.2. The van der Waals surface area contributed by atoms with Gasteiger partial charge in [0.2, 0.25) is 0 Å². The maximum absolute atomic E-state index is 2.56. The maximum atomic E-state index is 2.56. The molecule has 0 aromatic heterocycles. The predicted octanol–water partition coefficient (Wildman–Crippen LogP) is 10.7. The van der Waals surface area contributed by atoms with E-state index in [1.165, 1.54) is 71.7 Å². The number of allylic oxidation sites excluding steroid dienone is 4. The summed E-state index contributed by atoms with van der Waals surface area (Å²) >= 11 is 0. The average Bonchev–Trinajstić information content (AvgIpc) is 3.58. The quantitative estimate of drug-likeness (QED) is 0.195. The molecule has 0 aliphatic heterocycles. The summed E-state index contributed by atoms with van der Waals surface area (Å²) < 4.78 is 0. The first-order valence-electron chi connectivity index (χ1n) is 16.8. The van der Waals surface area contributed by atoms with Crippen LogP contribution in [0.15, 0.2) is 103 Å². The molecule has 6 rings (SSSR count). The third kappa shape index (κ3) is 5.69. The van der Waals surface area contributed by atoms with Gasteiger partial charge in [-0.25, -0.2) is 0 Å². The number of rotatable bonds is 4.